The Morgan fingerprint density at radius 2 is 1.94 bits per heavy atom. The third-order valence-electron chi connectivity index (χ3n) is 6.40. The number of pyridine rings is 2. The van der Waals surface area contributed by atoms with Crippen molar-refractivity contribution < 1.29 is 22.7 Å². The normalized spacial score (nSPS) is 16.9. The van der Waals surface area contributed by atoms with Gasteiger partial charge in [-0.3, -0.25) is 14.8 Å². The van der Waals surface area contributed by atoms with Crippen molar-refractivity contribution in [3.8, 4) is 22.6 Å². The zero-order chi connectivity index (χ0) is 24.6. The number of aromatic nitrogens is 4. The SMILES string of the molecule is CCc1[nH]c(-c2cc(-c3cncc(N4CCOCC4)c3)ccn2)nc1C(=O)N1CC(C(F)(F)F)C1. The van der Waals surface area contributed by atoms with Gasteiger partial charge in [0.2, 0.25) is 0 Å². The molecule has 3 aromatic heterocycles. The number of nitrogens with one attached hydrogen (secondary N) is 1. The zero-order valence-corrected chi connectivity index (χ0v) is 19.2. The minimum Gasteiger partial charge on any atom is -0.378 e. The van der Waals surface area contributed by atoms with Crippen LogP contribution in [-0.4, -0.2) is 76.3 Å². The molecule has 184 valence electrons. The van der Waals surface area contributed by atoms with Crippen molar-refractivity contribution >= 4 is 11.6 Å². The van der Waals surface area contributed by atoms with E-state index in [2.05, 4.69) is 30.9 Å². The van der Waals surface area contributed by atoms with E-state index < -0.39 is 18.0 Å². The zero-order valence-electron chi connectivity index (χ0n) is 19.2. The van der Waals surface area contributed by atoms with Gasteiger partial charge in [0, 0.05) is 49.8 Å². The summed E-state index contributed by atoms with van der Waals surface area (Å²) in [6.45, 7) is 4.14. The van der Waals surface area contributed by atoms with E-state index in [-0.39, 0.29) is 18.8 Å². The monoisotopic (exact) mass is 486 g/mol. The molecule has 5 heterocycles. The van der Waals surface area contributed by atoms with Crippen LogP contribution < -0.4 is 4.90 Å². The van der Waals surface area contributed by atoms with Crippen LogP contribution in [0.4, 0.5) is 18.9 Å². The summed E-state index contributed by atoms with van der Waals surface area (Å²) in [5, 5.41) is 0. The predicted octanol–water partition coefficient (Wildman–Crippen LogP) is 3.57. The van der Waals surface area contributed by atoms with Crippen LogP contribution in [0.3, 0.4) is 0 Å². The highest BCUT2D eigenvalue weighted by atomic mass is 19.4. The van der Waals surface area contributed by atoms with Crippen LogP contribution in [0, 0.1) is 5.92 Å². The first-order chi connectivity index (χ1) is 16.8. The van der Waals surface area contributed by atoms with Crippen LogP contribution in [0.2, 0.25) is 0 Å². The number of halogens is 3. The lowest BCUT2D eigenvalue weighted by Gasteiger charge is -2.39. The van der Waals surface area contributed by atoms with Gasteiger partial charge in [-0.1, -0.05) is 6.92 Å². The van der Waals surface area contributed by atoms with Gasteiger partial charge in [0.15, 0.2) is 5.82 Å². The Balaban J connectivity index is 1.38. The molecule has 0 atom stereocenters. The van der Waals surface area contributed by atoms with Crippen molar-refractivity contribution in [1.29, 1.82) is 0 Å². The summed E-state index contributed by atoms with van der Waals surface area (Å²) in [6.07, 6.45) is 1.45. The molecule has 0 radical (unpaired) electrons. The summed E-state index contributed by atoms with van der Waals surface area (Å²) in [5.74, 6) is -1.57. The smallest absolute Gasteiger partial charge is 0.378 e. The third-order valence-corrected chi connectivity index (χ3v) is 6.40. The number of aryl methyl sites for hydroxylation is 1. The molecule has 0 aliphatic carbocycles. The molecule has 0 spiro atoms. The maximum Gasteiger partial charge on any atom is 0.395 e. The second-order valence-electron chi connectivity index (χ2n) is 8.68. The summed E-state index contributed by atoms with van der Waals surface area (Å²) in [7, 11) is 0. The molecule has 0 aromatic carbocycles. The van der Waals surface area contributed by atoms with Crippen molar-refractivity contribution in [1.82, 2.24) is 24.8 Å². The van der Waals surface area contributed by atoms with Crippen molar-refractivity contribution in [3.05, 3.63) is 48.2 Å². The molecule has 0 bridgehead atoms. The van der Waals surface area contributed by atoms with E-state index in [0.717, 1.165) is 29.9 Å². The number of rotatable bonds is 5. The minimum absolute atomic E-state index is 0.145. The van der Waals surface area contributed by atoms with E-state index in [1.54, 1.807) is 12.4 Å². The molecule has 2 fully saturated rings. The number of carbonyl (C=O) groups excluding carboxylic acids is 1. The molecular formula is C24H25F3N6O2. The highest BCUT2D eigenvalue weighted by molar-refractivity contribution is 5.94. The van der Waals surface area contributed by atoms with Gasteiger partial charge in [-0.25, -0.2) is 4.98 Å². The second-order valence-corrected chi connectivity index (χ2v) is 8.68. The Morgan fingerprint density at radius 1 is 1.17 bits per heavy atom. The van der Waals surface area contributed by atoms with Crippen LogP contribution in [0.5, 0.6) is 0 Å². The standard InChI is InChI=1S/C24H25F3N6O2/c1-2-19-21(23(34)33-13-17(14-33)24(25,26)27)31-22(30-19)20-10-15(3-4-29-20)16-9-18(12-28-11-16)32-5-7-35-8-6-32/h3-4,9-12,17H,2,5-8,13-14H2,1H3,(H,30,31). The maximum absolute atomic E-state index is 12.8. The van der Waals surface area contributed by atoms with E-state index in [1.165, 1.54) is 4.90 Å². The molecule has 3 aromatic rings. The molecule has 0 unspecified atom stereocenters. The molecule has 2 aliphatic heterocycles. The third kappa shape index (κ3) is 4.72. The number of aromatic amines is 1. The molecule has 35 heavy (non-hydrogen) atoms. The molecule has 5 rings (SSSR count). The first-order valence-electron chi connectivity index (χ1n) is 11.5. The van der Waals surface area contributed by atoms with Gasteiger partial charge in [0.1, 0.15) is 11.4 Å². The van der Waals surface area contributed by atoms with Gasteiger partial charge < -0.3 is 19.5 Å². The molecule has 8 nitrogen and oxygen atoms in total. The number of hydrogen-bond acceptors (Lipinski definition) is 6. The number of hydrogen-bond donors (Lipinski definition) is 1. The first-order valence-corrected chi connectivity index (χ1v) is 11.5. The fraction of sp³-hybridized carbons (Fsp3) is 0.417. The van der Waals surface area contributed by atoms with E-state index in [4.69, 9.17) is 4.74 Å². The highest BCUT2D eigenvalue weighted by Crippen LogP contribution is 2.34. The summed E-state index contributed by atoms with van der Waals surface area (Å²) in [4.78, 5) is 32.6. The van der Waals surface area contributed by atoms with Gasteiger partial charge in [0.05, 0.1) is 31.0 Å². The average molecular weight is 486 g/mol. The molecule has 2 aliphatic rings. The van der Waals surface area contributed by atoms with E-state index in [1.807, 2.05) is 25.3 Å². The van der Waals surface area contributed by atoms with Gasteiger partial charge in [-0.2, -0.15) is 13.2 Å². The quantitative estimate of drug-likeness (QED) is 0.594. The molecule has 2 saturated heterocycles. The predicted molar refractivity (Wildman–Crippen MR) is 123 cm³/mol. The maximum atomic E-state index is 12.8. The summed E-state index contributed by atoms with van der Waals surface area (Å²) in [5.41, 5.74) is 4.06. The summed E-state index contributed by atoms with van der Waals surface area (Å²) >= 11 is 0. The summed E-state index contributed by atoms with van der Waals surface area (Å²) < 4.78 is 43.9. The lowest BCUT2D eigenvalue weighted by molar-refractivity contribution is -0.202. The Kier molecular flexibility index (Phi) is 6.18. The lowest BCUT2D eigenvalue weighted by Crippen LogP contribution is -2.55. The fourth-order valence-electron chi connectivity index (χ4n) is 4.28. The fourth-order valence-corrected chi connectivity index (χ4v) is 4.28. The number of anilines is 1. The van der Waals surface area contributed by atoms with Crippen molar-refractivity contribution in [2.75, 3.05) is 44.3 Å². The van der Waals surface area contributed by atoms with Crippen molar-refractivity contribution in [2.24, 2.45) is 5.92 Å². The van der Waals surface area contributed by atoms with E-state index >= 15 is 0 Å². The first kappa shape index (κ1) is 23.3. The van der Waals surface area contributed by atoms with Crippen molar-refractivity contribution in [2.45, 2.75) is 19.5 Å². The topological polar surface area (TPSA) is 87.2 Å². The molecule has 1 N–H and O–H groups in total. The number of H-pyrrole nitrogens is 1. The van der Waals surface area contributed by atoms with Crippen LogP contribution in [0.15, 0.2) is 36.8 Å². The number of imidazole rings is 1. The van der Waals surface area contributed by atoms with Crippen LogP contribution in [0.25, 0.3) is 22.6 Å². The van der Waals surface area contributed by atoms with E-state index in [9.17, 15) is 18.0 Å². The Morgan fingerprint density at radius 3 is 2.66 bits per heavy atom. The Hall–Kier alpha value is -3.47. The molecule has 1 amide bonds. The number of alkyl halides is 3. The number of amides is 1. The number of morpholine rings is 1. The van der Waals surface area contributed by atoms with Crippen LogP contribution in [0.1, 0.15) is 23.1 Å². The molecule has 0 saturated carbocycles. The van der Waals surface area contributed by atoms with Gasteiger partial charge in [0.25, 0.3) is 5.91 Å². The number of ether oxygens (including phenoxy) is 1. The van der Waals surface area contributed by atoms with Gasteiger partial charge >= 0.3 is 6.18 Å². The highest BCUT2D eigenvalue weighted by Gasteiger charge is 2.49. The van der Waals surface area contributed by atoms with Crippen LogP contribution >= 0.6 is 0 Å². The van der Waals surface area contributed by atoms with E-state index in [0.29, 0.717) is 36.8 Å². The molecular weight excluding hydrogens is 461 g/mol. The minimum atomic E-state index is -4.29. The lowest BCUT2D eigenvalue weighted by atomic mass is 9.99. The second kappa shape index (κ2) is 9.29. The number of likely N-dealkylation sites (tertiary alicyclic amines) is 1. The summed E-state index contributed by atoms with van der Waals surface area (Å²) in [6, 6.07) is 5.79. The Labute approximate surface area is 200 Å². The number of carbonyl (C=O) groups is 1. The van der Waals surface area contributed by atoms with Crippen LogP contribution in [-0.2, 0) is 11.2 Å². The average Bonchev–Trinajstić information content (AvgIpc) is 3.28. The van der Waals surface area contributed by atoms with Gasteiger partial charge in [-0.15, -0.1) is 0 Å². The molecule has 11 heteroatoms. The van der Waals surface area contributed by atoms with Crippen molar-refractivity contribution in [3.63, 3.8) is 0 Å². The largest absolute Gasteiger partial charge is 0.395 e. The number of nitrogens with zero attached hydrogens (tertiary/aromatic N) is 5. The Bertz CT molecular complexity index is 1220. The van der Waals surface area contributed by atoms with Gasteiger partial charge in [-0.05, 0) is 30.2 Å².